The van der Waals surface area contributed by atoms with Gasteiger partial charge in [-0.3, -0.25) is 0 Å². The molecule has 0 bridgehead atoms. The van der Waals surface area contributed by atoms with Crippen LogP contribution in [0.4, 0.5) is 5.69 Å². The predicted octanol–water partition coefficient (Wildman–Crippen LogP) is 6.00. The first kappa shape index (κ1) is 17.9. The molecule has 0 heterocycles. The van der Waals surface area contributed by atoms with E-state index in [1.165, 1.54) is 36.8 Å². The number of hydrogen-bond acceptors (Lipinski definition) is 3. The molecule has 0 radical (unpaired) electrons. The molecule has 0 aliphatic heterocycles. The fraction of sp³-hybridized carbons (Fsp3) is 0.278. The van der Waals surface area contributed by atoms with Crippen LogP contribution in [0.25, 0.3) is 0 Å². The summed E-state index contributed by atoms with van der Waals surface area (Å²) in [5.41, 5.74) is 2.19. The van der Waals surface area contributed by atoms with Crippen LogP contribution in [0.5, 0.6) is 0 Å². The van der Waals surface area contributed by atoms with Crippen molar-refractivity contribution in [2.24, 2.45) is 0 Å². The van der Waals surface area contributed by atoms with Crippen molar-refractivity contribution in [1.29, 1.82) is 0 Å². The number of hydrogen-bond donors (Lipinski definition) is 2. The van der Waals surface area contributed by atoms with Crippen LogP contribution in [0.1, 0.15) is 42.1 Å². The molecule has 2 rings (SSSR count). The Morgan fingerprint density at radius 2 is 1.91 bits per heavy atom. The van der Waals surface area contributed by atoms with Crippen LogP contribution < -0.4 is 4.72 Å². The summed E-state index contributed by atoms with van der Waals surface area (Å²) in [4.78, 5) is 12.3. The zero-order chi connectivity index (χ0) is 16.7. The zero-order valence-electron chi connectivity index (χ0n) is 13.0. The summed E-state index contributed by atoms with van der Waals surface area (Å²) in [6.07, 6.45) is 4.83. The lowest BCUT2D eigenvalue weighted by molar-refractivity contribution is 0.0698. The van der Waals surface area contributed by atoms with Crippen LogP contribution in [0.3, 0.4) is 0 Å². The Kier molecular flexibility index (Phi) is 6.99. The molecular weight excluding hydrogens is 374 g/mol. The van der Waals surface area contributed by atoms with Crippen molar-refractivity contribution in [3.05, 3.63) is 58.1 Å². The third kappa shape index (κ3) is 5.59. The quantitative estimate of drug-likeness (QED) is 0.426. The summed E-state index contributed by atoms with van der Waals surface area (Å²) < 4.78 is 3.88. The van der Waals surface area contributed by atoms with Crippen LogP contribution >= 0.6 is 27.9 Å². The summed E-state index contributed by atoms with van der Waals surface area (Å²) in [5.74, 6) is -0.944. The molecule has 5 heteroatoms. The van der Waals surface area contributed by atoms with Gasteiger partial charge < -0.3 is 9.83 Å². The number of carbonyl (C=O) groups is 1. The normalized spacial score (nSPS) is 10.5. The molecule has 2 N–H and O–H groups in total. The summed E-state index contributed by atoms with van der Waals surface area (Å²) >= 11 is 4.72. The van der Waals surface area contributed by atoms with Crippen LogP contribution in [-0.2, 0) is 6.42 Å². The van der Waals surface area contributed by atoms with Gasteiger partial charge in [0.2, 0.25) is 0 Å². The average molecular weight is 394 g/mol. The molecule has 0 spiro atoms. The van der Waals surface area contributed by atoms with E-state index in [-0.39, 0.29) is 5.56 Å². The van der Waals surface area contributed by atoms with Crippen molar-refractivity contribution in [3.63, 3.8) is 0 Å². The first-order valence-electron chi connectivity index (χ1n) is 7.65. The van der Waals surface area contributed by atoms with E-state index in [2.05, 4.69) is 51.8 Å². The Morgan fingerprint density at radius 1 is 1.17 bits per heavy atom. The maximum atomic E-state index is 11.3. The standard InChI is InChI=1S/C18H20BrNO2S/c1-2-3-4-5-13-6-9-15(10-7-13)23-20-17-11-8-14(19)12-16(17)18(21)22/h6-12,20H,2-5H2,1H3,(H,21,22). The fourth-order valence-corrected chi connectivity index (χ4v) is 3.24. The van der Waals surface area contributed by atoms with E-state index in [0.29, 0.717) is 5.69 Å². The maximum absolute atomic E-state index is 11.3. The Balaban J connectivity index is 1.97. The number of carboxylic acid groups (broad SMARTS) is 1. The SMILES string of the molecule is CCCCCc1ccc(SNc2ccc(Br)cc2C(=O)O)cc1. The van der Waals surface area contributed by atoms with E-state index in [4.69, 9.17) is 0 Å². The lowest BCUT2D eigenvalue weighted by Gasteiger charge is -2.09. The van der Waals surface area contributed by atoms with Gasteiger partial charge >= 0.3 is 5.97 Å². The molecule has 0 aliphatic carbocycles. The Labute approximate surface area is 149 Å². The van der Waals surface area contributed by atoms with Crippen molar-refractivity contribution in [3.8, 4) is 0 Å². The van der Waals surface area contributed by atoms with Gasteiger partial charge in [0.1, 0.15) is 0 Å². The van der Waals surface area contributed by atoms with Gasteiger partial charge in [0.25, 0.3) is 0 Å². The second kappa shape index (κ2) is 8.99. The molecule has 122 valence electrons. The number of aryl methyl sites for hydroxylation is 1. The second-order valence-electron chi connectivity index (χ2n) is 5.30. The Bertz CT molecular complexity index is 659. The molecule has 23 heavy (non-hydrogen) atoms. The summed E-state index contributed by atoms with van der Waals surface area (Å²) in [5, 5.41) is 9.26. The summed E-state index contributed by atoms with van der Waals surface area (Å²) in [6.45, 7) is 2.21. The number of rotatable bonds is 8. The lowest BCUT2D eigenvalue weighted by Crippen LogP contribution is -2.01. The topological polar surface area (TPSA) is 49.3 Å². The summed E-state index contributed by atoms with van der Waals surface area (Å²) in [6, 6.07) is 13.6. The minimum absolute atomic E-state index is 0.253. The van der Waals surface area contributed by atoms with Crippen LogP contribution in [0, 0.1) is 0 Å². The van der Waals surface area contributed by atoms with E-state index < -0.39 is 5.97 Å². The number of carboxylic acids is 1. The van der Waals surface area contributed by atoms with Gasteiger partial charge in [-0.1, -0.05) is 47.8 Å². The van der Waals surface area contributed by atoms with E-state index in [0.717, 1.165) is 15.8 Å². The summed E-state index contributed by atoms with van der Waals surface area (Å²) in [7, 11) is 0. The Hall–Kier alpha value is -1.46. The first-order chi connectivity index (χ1) is 11.1. The van der Waals surface area contributed by atoms with Gasteiger partial charge in [-0.25, -0.2) is 4.79 Å². The predicted molar refractivity (Wildman–Crippen MR) is 100 cm³/mol. The minimum atomic E-state index is -0.944. The third-order valence-electron chi connectivity index (χ3n) is 3.48. The molecule has 0 aromatic heterocycles. The highest BCUT2D eigenvalue weighted by Crippen LogP contribution is 2.27. The molecule has 0 aliphatic rings. The highest BCUT2D eigenvalue weighted by atomic mass is 79.9. The number of unbranched alkanes of at least 4 members (excludes halogenated alkanes) is 2. The van der Waals surface area contributed by atoms with Crippen molar-refractivity contribution >= 4 is 39.5 Å². The van der Waals surface area contributed by atoms with Gasteiger partial charge in [-0.2, -0.15) is 0 Å². The van der Waals surface area contributed by atoms with Crippen LogP contribution in [0.15, 0.2) is 51.8 Å². The minimum Gasteiger partial charge on any atom is -0.478 e. The highest BCUT2D eigenvalue weighted by Gasteiger charge is 2.10. The number of nitrogens with one attached hydrogen (secondary N) is 1. The zero-order valence-corrected chi connectivity index (χ0v) is 15.4. The van der Waals surface area contributed by atoms with E-state index in [9.17, 15) is 9.90 Å². The molecule has 2 aromatic carbocycles. The molecule has 0 saturated heterocycles. The van der Waals surface area contributed by atoms with Gasteiger partial charge in [-0.05, 0) is 60.7 Å². The van der Waals surface area contributed by atoms with Gasteiger partial charge in [0.05, 0.1) is 11.3 Å². The smallest absolute Gasteiger partial charge is 0.337 e. The highest BCUT2D eigenvalue weighted by molar-refractivity contribution is 9.10. The fourth-order valence-electron chi connectivity index (χ4n) is 2.20. The number of aromatic carboxylic acids is 1. The van der Waals surface area contributed by atoms with Gasteiger partial charge in [-0.15, -0.1) is 0 Å². The molecule has 0 saturated carbocycles. The molecular formula is C18H20BrNO2S. The van der Waals surface area contributed by atoms with Gasteiger partial charge in [0.15, 0.2) is 0 Å². The van der Waals surface area contributed by atoms with E-state index in [1.54, 1.807) is 12.1 Å². The number of benzene rings is 2. The van der Waals surface area contributed by atoms with Crippen molar-refractivity contribution in [2.45, 2.75) is 37.5 Å². The van der Waals surface area contributed by atoms with E-state index >= 15 is 0 Å². The molecule has 0 atom stereocenters. The molecule has 0 unspecified atom stereocenters. The Morgan fingerprint density at radius 3 is 2.57 bits per heavy atom. The average Bonchev–Trinajstić information content (AvgIpc) is 2.55. The maximum Gasteiger partial charge on any atom is 0.337 e. The monoisotopic (exact) mass is 393 g/mol. The number of anilines is 1. The van der Waals surface area contributed by atoms with Crippen molar-refractivity contribution in [2.75, 3.05) is 4.72 Å². The molecule has 0 amide bonds. The first-order valence-corrected chi connectivity index (χ1v) is 9.25. The van der Waals surface area contributed by atoms with E-state index in [1.807, 2.05) is 6.07 Å². The molecule has 0 fully saturated rings. The van der Waals surface area contributed by atoms with Crippen LogP contribution in [0.2, 0.25) is 0 Å². The van der Waals surface area contributed by atoms with Crippen molar-refractivity contribution < 1.29 is 9.90 Å². The number of halogens is 1. The van der Waals surface area contributed by atoms with Crippen LogP contribution in [-0.4, -0.2) is 11.1 Å². The van der Waals surface area contributed by atoms with Gasteiger partial charge in [0, 0.05) is 9.37 Å². The second-order valence-corrected chi connectivity index (χ2v) is 7.10. The molecule has 3 nitrogen and oxygen atoms in total. The lowest BCUT2D eigenvalue weighted by atomic mass is 10.1. The largest absolute Gasteiger partial charge is 0.478 e. The molecule has 2 aromatic rings. The third-order valence-corrected chi connectivity index (χ3v) is 4.81. The van der Waals surface area contributed by atoms with Crippen molar-refractivity contribution in [1.82, 2.24) is 0 Å².